The number of aromatic nitrogens is 2. The second-order valence-electron chi connectivity index (χ2n) is 7.93. The predicted octanol–water partition coefficient (Wildman–Crippen LogP) is 2.62. The first-order valence-corrected chi connectivity index (χ1v) is 11.4. The summed E-state index contributed by atoms with van der Waals surface area (Å²) in [5.41, 5.74) is 0.922. The molecule has 0 spiro atoms. The number of carbonyl (C=O) groups excluding carboxylic acids is 1. The topological polar surface area (TPSA) is 84.3 Å². The number of likely N-dealkylation sites (tertiary alicyclic amines) is 1. The molecule has 3 rings (SSSR count). The van der Waals surface area contributed by atoms with Gasteiger partial charge in [-0.2, -0.15) is 0 Å². The van der Waals surface area contributed by atoms with Crippen LogP contribution in [0.3, 0.4) is 0 Å². The van der Waals surface area contributed by atoms with Gasteiger partial charge in [0.05, 0.1) is 5.69 Å². The van der Waals surface area contributed by atoms with Crippen LogP contribution in [0.25, 0.3) is 10.7 Å². The Morgan fingerprint density at radius 2 is 1.96 bits per heavy atom. The number of nitrogens with zero attached hydrogens (tertiary/aromatic N) is 3. The second kappa shape index (κ2) is 7.37. The van der Waals surface area contributed by atoms with Crippen molar-refractivity contribution in [1.29, 1.82) is 0 Å². The van der Waals surface area contributed by atoms with Crippen LogP contribution in [-0.4, -0.2) is 47.4 Å². The van der Waals surface area contributed by atoms with Crippen LogP contribution in [0.5, 0.6) is 0 Å². The summed E-state index contributed by atoms with van der Waals surface area (Å²) in [4.78, 5) is 19.1. The van der Waals surface area contributed by atoms with Crippen molar-refractivity contribution in [3.63, 3.8) is 0 Å². The van der Waals surface area contributed by atoms with E-state index in [4.69, 9.17) is 0 Å². The van der Waals surface area contributed by atoms with Crippen LogP contribution >= 0.6 is 11.3 Å². The average Bonchev–Trinajstić information content (AvgIpc) is 3.23. The van der Waals surface area contributed by atoms with Crippen LogP contribution in [0.2, 0.25) is 0 Å². The molecule has 3 heterocycles. The number of hydrogen-bond acceptors (Lipinski definition) is 5. The molecule has 1 fully saturated rings. The first-order valence-electron chi connectivity index (χ1n) is 9.00. The molecule has 7 nitrogen and oxygen atoms in total. The smallest absolute Gasteiger partial charge is 0.242 e. The highest BCUT2D eigenvalue weighted by Crippen LogP contribution is 2.28. The van der Waals surface area contributed by atoms with Gasteiger partial charge in [0.2, 0.25) is 15.9 Å². The monoisotopic (exact) mass is 410 g/mol. The summed E-state index contributed by atoms with van der Waals surface area (Å²) in [7, 11) is -3.69. The van der Waals surface area contributed by atoms with Gasteiger partial charge in [0.1, 0.15) is 16.4 Å². The van der Waals surface area contributed by atoms with Crippen molar-refractivity contribution >= 4 is 27.3 Å². The maximum absolute atomic E-state index is 12.8. The van der Waals surface area contributed by atoms with Crippen LogP contribution in [-0.2, 0) is 21.4 Å². The van der Waals surface area contributed by atoms with Gasteiger partial charge in [0.25, 0.3) is 0 Å². The summed E-state index contributed by atoms with van der Waals surface area (Å²) in [6.07, 6.45) is 3.57. The highest BCUT2D eigenvalue weighted by Gasteiger charge is 2.26. The molecule has 0 saturated carbocycles. The molecule has 0 radical (unpaired) electrons. The molecular weight excluding hydrogens is 384 g/mol. The van der Waals surface area contributed by atoms with Crippen molar-refractivity contribution < 1.29 is 13.2 Å². The molecule has 0 aliphatic carbocycles. The standard InChI is InChI=1S/C18H26N4O3S2/c1-13-12-26-17(19-13)15-9-14(27(24,25)20-18(2,3)4)10-22(15)11-16(23)21-7-5-6-8-21/h9-10,12,20H,5-8,11H2,1-4H3. The maximum Gasteiger partial charge on any atom is 0.242 e. The zero-order chi connectivity index (χ0) is 19.8. The number of carbonyl (C=O) groups is 1. The molecule has 2 aromatic heterocycles. The molecule has 0 aromatic carbocycles. The van der Waals surface area contributed by atoms with E-state index >= 15 is 0 Å². The summed E-state index contributed by atoms with van der Waals surface area (Å²) in [5.74, 6) is 0.00496. The average molecular weight is 411 g/mol. The van der Waals surface area contributed by atoms with Crippen LogP contribution < -0.4 is 4.72 Å². The van der Waals surface area contributed by atoms with Crippen LogP contribution in [0.4, 0.5) is 0 Å². The van der Waals surface area contributed by atoms with E-state index < -0.39 is 15.6 Å². The van der Waals surface area contributed by atoms with Gasteiger partial charge >= 0.3 is 0 Å². The summed E-state index contributed by atoms with van der Waals surface area (Å²) < 4.78 is 29.9. The van der Waals surface area contributed by atoms with Gasteiger partial charge in [0, 0.05) is 35.9 Å². The fourth-order valence-electron chi connectivity index (χ4n) is 3.09. The van der Waals surface area contributed by atoms with E-state index in [1.165, 1.54) is 17.5 Å². The van der Waals surface area contributed by atoms with E-state index in [0.717, 1.165) is 31.6 Å². The van der Waals surface area contributed by atoms with Crippen molar-refractivity contribution in [1.82, 2.24) is 19.2 Å². The number of aryl methyl sites for hydroxylation is 1. The number of thiazole rings is 1. The van der Waals surface area contributed by atoms with Crippen LogP contribution in [0, 0.1) is 6.92 Å². The van der Waals surface area contributed by atoms with E-state index in [9.17, 15) is 13.2 Å². The molecule has 1 saturated heterocycles. The first-order chi connectivity index (χ1) is 12.5. The van der Waals surface area contributed by atoms with Crippen molar-refractivity contribution in [3.8, 4) is 10.7 Å². The van der Waals surface area contributed by atoms with E-state index in [1.807, 2.05) is 17.2 Å². The van der Waals surface area contributed by atoms with E-state index in [0.29, 0.717) is 10.7 Å². The molecule has 0 atom stereocenters. The van der Waals surface area contributed by atoms with Crippen molar-refractivity contribution in [2.75, 3.05) is 13.1 Å². The Morgan fingerprint density at radius 3 is 2.52 bits per heavy atom. The Morgan fingerprint density at radius 1 is 1.30 bits per heavy atom. The highest BCUT2D eigenvalue weighted by molar-refractivity contribution is 7.89. The lowest BCUT2D eigenvalue weighted by Gasteiger charge is -2.19. The molecule has 1 aliphatic heterocycles. The Bertz CT molecular complexity index is 932. The number of rotatable bonds is 5. The highest BCUT2D eigenvalue weighted by atomic mass is 32.2. The Hall–Kier alpha value is -1.71. The minimum absolute atomic E-state index is 0.00496. The summed E-state index contributed by atoms with van der Waals surface area (Å²) >= 11 is 1.44. The summed E-state index contributed by atoms with van der Waals surface area (Å²) in [5, 5.41) is 2.62. The third-order valence-corrected chi connectivity index (χ3v) is 6.93. The lowest BCUT2D eigenvalue weighted by Crippen LogP contribution is -2.40. The molecular formula is C18H26N4O3S2. The molecule has 1 aliphatic rings. The SMILES string of the molecule is Cc1csc(-c2cc(S(=O)(=O)NC(C)(C)C)cn2CC(=O)N2CCCC2)n1. The lowest BCUT2D eigenvalue weighted by molar-refractivity contribution is -0.130. The number of hydrogen-bond donors (Lipinski definition) is 1. The zero-order valence-electron chi connectivity index (χ0n) is 16.2. The molecule has 0 unspecified atom stereocenters. The fourth-order valence-corrected chi connectivity index (χ4v) is 5.37. The number of amides is 1. The quantitative estimate of drug-likeness (QED) is 0.821. The van der Waals surface area contributed by atoms with Crippen LogP contribution in [0.1, 0.15) is 39.3 Å². The normalized spacial score (nSPS) is 15.5. The first kappa shape index (κ1) is 20.0. The van der Waals surface area contributed by atoms with Gasteiger partial charge in [-0.1, -0.05) is 0 Å². The molecule has 148 valence electrons. The van der Waals surface area contributed by atoms with Crippen molar-refractivity contribution in [3.05, 3.63) is 23.3 Å². The largest absolute Gasteiger partial charge is 0.341 e. The van der Waals surface area contributed by atoms with Gasteiger partial charge < -0.3 is 9.47 Å². The van der Waals surface area contributed by atoms with Gasteiger partial charge in [-0.3, -0.25) is 4.79 Å². The molecule has 27 heavy (non-hydrogen) atoms. The molecule has 0 bridgehead atoms. The van der Waals surface area contributed by atoms with Crippen molar-refractivity contribution in [2.45, 2.75) is 57.5 Å². The van der Waals surface area contributed by atoms with E-state index in [-0.39, 0.29) is 17.3 Å². The third-order valence-electron chi connectivity index (χ3n) is 4.22. The molecule has 2 aromatic rings. The molecule has 1 amide bonds. The van der Waals surface area contributed by atoms with Gasteiger partial charge in [-0.25, -0.2) is 18.1 Å². The Kier molecular flexibility index (Phi) is 5.47. The minimum Gasteiger partial charge on any atom is -0.341 e. The lowest BCUT2D eigenvalue weighted by atomic mass is 10.1. The van der Waals surface area contributed by atoms with E-state index in [2.05, 4.69) is 9.71 Å². The van der Waals surface area contributed by atoms with Gasteiger partial charge in [0.15, 0.2) is 0 Å². The van der Waals surface area contributed by atoms with E-state index in [1.54, 1.807) is 31.4 Å². The minimum atomic E-state index is -3.69. The van der Waals surface area contributed by atoms with Gasteiger partial charge in [-0.05, 0) is 46.6 Å². The predicted molar refractivity (Wildman–Crippen MR) is 106 cm³/mol. The fraction of sp³-hybridized carbons (Fsp3) is 0.556. The maximum atomic E-state index is 12.8. The molecule has 9 heteroatoms. The van der Waals surface area contributed by atoms with Gasteiger partial charge in [-0.15, -0.1) is 11.3 Å². The second-order valence-corrected chi connectivity index (χ2v) is 10.5. The molecule has 1 N–H and O–H groups in total. The Labute approximate surface area is 164 Å². The number of nitrogens with one attached hydrogen (secondary N) is 1. The zero-order valence-corrected chi connectivity index (χ0v) is 17.8. The number of sulfonamides is 1. The third kappa shape index (κ3) is 4.77. The van der Waals surface area contributed by atoms with Crippen molar-refractivity contribution in [2.24, 2.45) is 0 Å². The summed E-state index contributed by atoms with van der Waals surface area (Å²) in [6.45, 7) is 8.92. The summed E-state index contributed by atoms with van der Waals surface area (Å²) in [6, 6.07) is 1.60. The Balaban J connectivity index is 1.97. The van der Waals surface area contributed by atoms with Crippen LogP contribution in [0.15, 0.2) is 22.5 Å².